The smallest absolute Gasteiger partial charge is 0.251 e. The van der Waals surface area contributed by atoms with E-state index in [-0.39, 0.29) is 5.56 Å². The van der Waals surface area contributed by atoms with Gasteiger partial charge in [0.2, 0.25) is 0 Å². The molecule has 0 bridgehead atoms. The van der Waals surface area contributed by atoms with Crippen LogP contribution in [0.5, 0.6) is 0 Å². The van der Waals surface area contributed by atoms with Gasteiger partial charge in [-0.3, -0.25) is 9.69 Å². The number of aromatic amines is 1. The molecule has 128 valence electrons. The molecule has 0 spiro atoms. The molecule has 3 heterocycles. The first-order valence-electron chi connectivity index (χ1n) is 8.94. The van der Waals surface area contributed by atoms with Gasteiger partial charge in [-0.05, 0) is 38.6 Å². The van der Waals surface area contributed by atoms with Crippen LogP contribution in [-0.2, 0) is 13.0 Å². The molecule has 1 aliphatic carbocycles. The van der Waals surface area contributed by atoms with E-state index in [4.69, 9.17) is 0 Å². The van der Waals surface area contributed by atoms with Crippen LogP contribution in [0, 0.1) is 0 Å². The second-order valence-electron chi connectivity index (χ2n) is 6.94. The normalized spacial score (nSPS) is 22.0. The lowest BCUT2D eigenvalue weighted by atomic mass is 9.97. The zero-order chi connectivity index (χ0) is 16.5. The molecule has 1 saturated heterocycles. The quantitative estimate of drug-likeness (QED) is 0.902. The molecule has 1 N–H and O–H groups in total. The maximum Gasteiger partial charge on any atom is 0.251 e. The van der Waals surface area contributed by atoms with E-state index in [1.54, 1.807) is 6.07 Å². The summed E-state index contributed by atoms with van der Waals surface area (Å²) in [6, 6.07) is 2.20. The Balaban J connectivity index is 1.48. The van der Waals surface area contributed by atoms with E-state index in [2.05, 4.69) is 29.6 Å². The summed E-state index contributed by atoms with van der Waals surface area (Å²) in [4.78, 5) is 21.6. The van der Waals surface area contributed by atoms with Gasteiger partial charge < -0.3 is 9.55 Å². The average molecular weight is 328 g/mol. The fraction of sp³-hybridized carbons (Fsp3) is 0.647. The summed E-state index contributed by atoms with van der Waals surface area (Å²) in [5.74, 6) is 2.32. The number of piperidine rings is 1. The number of rotatable bonds is 5. The second-order valence-corrected chi connectivity index (χ2v) is 6.94. The molecule has 2 fully saturated rings. The summed E-state index contributed by atoms with van der Waals surface area (Å²) in [5.41, 5.74) is 0.801. The van der Waals surface area contributed by atoms with Gasteiger partial charge in [0.05, 0.1) is 6.54 Å². The van der Waals surface area contributed by atoms with Gasteiger partial charge in [0.15, 0.2) is 0 Å². The van der Waals surface area contributed by atoms with Crippen molar-refractivity contribution in [2.45, 2.75) is 57.5 Å². The van der Waals surface area contributed by atoms with Gasteiger partial charge in [-0.1, -0.05) is 6.92 Å². The predicted molar refractivity (Wildman–Crippen MR) is 89.8 cm³/mol. The highest BCUT2D eigenvalue weighted by molar-refractivity contribution is 5.06. The standard InChI is InChI=1S/C17H24N6O/c1-2-13-8-16(24)20-15(19-13)10-22-7-3-4-12(9-22)17-21-18-11-23(17)14-5-6-14/h8,11-12,14H,2-7,9-10H2,1H3,(H,19,20,24). The van der Waals surface area contributed by atoms with Gasteiger partial charge >= 0.3 is 0 Å². The first-order chi connectivity index (χ1) is 11.7. The Morgan fingerprint density at radius 3 is 3.00 bits per heavy atom. The van der Waals surface area contributed by atoms with E-state index >= 15 is 0 Å². The van der Waals surface area contributed by atoms with Crippen molar-refractivity contribution in [3.05, 3.63) is 40.1 Å². The number of nitrogens with one attached hydrogen (secondary N) is 1. The van der Waals surface area contributed by atoms with Gasteiger partial charge in [0.25, 0.3) is 5.56 Å². The van der Waals surface area contributed by atoms with Crippen LogP contribution < -0.4 is 5.56 Å². The van der Waals surface area contributed by atoms with E-state index in [1.165, 1.54) is 12.8 Å². The second kappa shape index (κ2) is 6.47. The van der Waals surface area contributed by atoms with Gasteiger partial charge in [-0.25, -0.2) is 4.98 Å². The van der Waals surface area contributed by atoms with E-state index in [0.717, 1.165) is 49.7 Å². The average Bonchev–Trinajstić information content (AvgIpc) is 3.31. The SMILES string of the molecule is CCc1cc(=O)[nH]c(CN2CCCC(c3nncn3C3CC3)C2)n1. The molecule has 0 radical (unpaired) electrons. The molecular formula is C17H24N6O. The molecule has 2 aliphatic rings. The van der Waals surface area contributed by atoms with Crippen LogP contribution in [0.2, 0.25) is 0 Å². The predicted octanol–water partition coefficient (Wildman–Crippen LogP) is 1.64. The molecule has 7 heteroatoms. The van der Waals surface area contributed by atoms with Crippen molar-refractivity contribution >= 4 is 0 Å². The Labute approximate surface area is 141 Å². The molecule has 1 saturated carbocycles. The summed E-state index contributed by atoms with van der Waals surface area (Å²) < 4.78 is 2.27. The van der Waals surface area contributed by atoms with Gasteiger partial charge in [0, 0.05) is 30.3 Å². The minimum Gasteiger partial charge on any atom is -0.314 e. The van der Waals surface area contributed by atoms with Crippen LogP contribution in [0.4, 0.5) is 0 Å². The third-order valence-corrected chi connectivity index (χ3v) is 4.99. The first kappa shape index (κ1) is 15.5. The van der Waals surface area contributed by atoms with Crippen LogP contribution in [0.3, 0.4) is 0 Å². The van der Waals surface area contributed by atoms with Crippen molar-refractivity contribution in [1.29, 1.82) is 0 Å². The molecule has 0 amide bonds. The van der Waals surface area contributed by atoms with E-state index < -0.39 is 0 Å². The molecule has 7 nitrogen and oxygen atoms in total. The topological polar surface area (TPSA) is 79.7 Å². The molecule has 24 heavy (non-hydrogen) atoms. The largest absolute Gasteiger partial charge is 0.314 e. The van der Waals surface area contributed by atoms with Crippen molar-refractivity contribution in [3.8, 4) is 0 Å². The van der Waals surface area contributed by atoms with Gasteiger partial charge in [0.1, 0.15) is 18.0 Å². The van der Waals surface area contributed by atoms with Gasteiger partial charge in [-0.2, -0.15) is 0 Å². The zero-order valence-corrected chi connectivity index (χ0v) is 14.1. The molecule has 2 aromatic rings. The Hall–Kier alpha value is -2.02. The highest BCUT2D eigenvalue weighted by Crippen LogP contribution is 2.38. The number of nitrogens with zero attached hydrogens (tertiary/aromatic N) is 5. The van der Waals surface area contributed by atoms with Crippen LogP contribution >= 0.6 is 0 Å². The van der Waals surface area contributed by atoms with E-state index in [1.807, 2.05) is 13.3 Å². The minimum atomic E-state index is -0.0566. The summed E-state index contributed by atoms with van der Waals surface area (Å²) in [6.07, 6.45) is 7.45. The summed E-state index contributed by atoms with van der Waals surface area (Å²) in [5, 5.41) is 8.53. The Morgan fingerprint density at radius 2 is 2.21 bits per heavy atom. The molecule has 2 aromatic heterocycles. The summed E-state index contributed by atoms with van der Waals surface area (Å²) in [7, 11) is 0. The number of hydrogen-bond acceptors (Lipinski definition) is 5. The Bertz CT molecular complexity index is 762. The number of H-pyrrole nitrogens is 1. The minimum absolute atomic E-state index is 0.0566. The number of hydrogen-bond donors (Lipinski definition) is 1. The highest BCUT2D eigenvalue weighted by Gasteiger charge is 2.31. The lowest BCUT2D eigenvalue weighted by Crippen LogP contribution is -2.36. The molecule has 4 rings (SSSR count). The Kier molecular flexibility index (Phi) is 4.18. The fourth-order valence-electron chi connectivity index (χ4n) is 3.62. The van der Waals surface area contributed by atoms with Crippen molar-refractivity contribution < 1.29 is 0 Å². The lowest BCUT2D eigenvalue weighted by molar-refractivity contribution is 0.190. The van der Waals surface area contributed by atoms with Crippen molar-refractivity contribution in [2.75, 3.05) is 13.1 Å². The highest BCUT2D eigenvalue weighted by atomic mass is 16.1. The summed E-state index contributed by atoms with van der Waals surface area (Å²) in [6.45, 7) is 4.70. The monoisotopic (exact) mass is 328 g/mol. The summed E-state index contributed by atoms with van der Waals surface area (Å²) >= 11 is 0. The maximum absolute atomic E-state index is 11.8. The first-order valence-corrected chi connectivity index (χ1v) is 8.94. The van der Waals surface area contributed by atoms with Crippen LogP contribution in [0.15, 0.2) is 17.2 Å². The number of likely N-dealkylation sites (tertiary alicyclic amines) is 1. The molecule has 1 atom stereocenters. The molecule has 1 aliphatic heterocycles. The molecule has 1 unspecified atom stereocenters. The molecule has 0 aromatic carbocycles. The maximum atomic E-state index is 11.8. The van der Waals surface area contributed by atoms with Crippen LogP contribution in [0.1, 0.15) is 61.9 Å². The molecular weight excluding hydrogens is 304 g/mol. The Morgan fingerprint density at radius 1 is 1.33 bits per heavy atom. The van der Waals surface area contributed by atoms with Crippen LogP contribution in [0.25, 0.3) is 0 Å². The van der Waals surface area contributed by atoms with E-state index in [9.17, 15) is 4.79 Å². The van der Waals surface area contributed by atoms with Crippen molar-refractivity contribution in [1.82, 2.24) is 29.6 Å². The van der Waals surface area contributed by atoms with Crippen molar-refractivity contribution in [3.63, 3.8) is 0 Å². The zero-order valence-electron chi connectivity index (χ0n) is 14.1. The number of aromatic nitrogens is 5. The third-order valence-electron chi connectivity index (χ3n) is 4.99. The van der Waals surface area contributed by atoms with Crippen LogP contribution in [-0.4, -0.2) is 42.7 Å². The fourth-order valence-corrected chi connectivity index (χ4v) is 3.62. The lowest BCUT2D eigenvalue weighted by Gasteiger charge is -2.32. The third kappa shape index (κ3) is 3.26. The van der Waals surface area contributed by atoms with Gasteiger partial charge in [-0.15, -0.1) is 10.2 Å². The van der Waals surface area contributed by atoms with Crippen molar-refractivity contribution in [2.24, 2.45) is 0 Å². The number of aryl methyl sites for hydroxylation is 1. The van der Waals surface area contributed by atoms with E-state index in [0.29, 0.717) is 18.5 Å².